The number of ether oxygens (including phenoxy) is 1. The van der Waals surface area contributed by atoms with Crippen LogP contribution in [0.4, 0.5) is 5.95 Å². The first kappa shape index (κ1) is 13.1. The van der Waals surface area contributed by atoms with Crippen molar-refractivity contribution in [2.24, 2.45) is 0 Å². The Kier molecular flexibility index (Phi) is 3.20. The highest BCUT2D eigenvalue weighted by atomic mass is 35.5. The lowest BCUT2D eigenvalue weighted by Crippen LogP contribution is -2.02. The number of fused-ring (bicyclic) bond motifs is 1. The maximum atomic E-state index is 6.08. The van der Waals surface area contributed by atoms with Crippen molar-refractivity contribution in [3.8, 4) is 11.4 Å². The first-order chi connectivity index (χ1) is 9.61. The van der Waals surface area contributed by atoms with Gasteiger partial charge in [-0.15, -0.1) is 0 Å². The molecule has 102 valence electrons. The third-order valence-corrected chi connectivity index (χ3v) is 3.77. The molecule has 0 amide bonds. The predicted molar refractivity (Wildman–Crippen MR) is 82.1 cm³/mol. The Bertz CT molecular complexity index is 798. The minimum atomic E-state index is 0.350. The normalized spacial score (nSPS) is 10.9. The number of hydrogen-bond acceptors (Lipinski definition) is 3. The molecule has 3 rings (SSSR count). The molecule has 0 atom stereocenters. The predicted octanol–water partition coefficient (Wildman–Crippen LogP) is 3.92. The number of anilines is 1. The zero-order chi connectivity index (χ0) is 14.3. The Morgan fingerprint density at radius 1 is 1.15 bits per heavy atom. The van der Waals surface area contributed by atoms with Gasteiger partial charge in [0.05, 0.1) is 33.9 Å². The van der Waals surface area contributed by atoms with E-state index < -0.39 is 0 Å². The van der Waals surface area contributed by atoms with Gasteiger partial charge in [0.1, 0.15) is 5.75 Å². The lowest BCUT2D eigenvalue weighted by atomic mass is 10.2. The van der Waals surface area contributed by atoms with Gasteiger partial charge in [-0.1, -0.05) is 35.3 Å². The Balaban J connectivity index is 2.36. The number of halogens is 2. The summed E-state index contributed by atoms with van der Waals surface area (Å²) in [5.41, 5.74) is 8.28. The number of imidazole rings is 1. The molecule has 0 aliphatic heterocycles. The molecule has 2 N–H and O–H groups in total. The molecule has 0 aliphatic carbocycles. The molecule has 1 heterocycles. The molecule has 3 aromatic rings. The monoisotopic (exact) mass is 307 g/mol. The molecule has 0 fully saturated rings. The van der Waals surface area contributed by atoms with E-state index in [-0.39, 0.29) is 0 Å². The molecule has 4 nitrogen and oxygen atoms in total. The van der Waals surface area contributed by atoms with Crippen LogP contribution >= 0.6 is 23.2 Å². The summed E-state index contributed by atoms with van der Waals surface area (Å²) in [6.45, 7) is 0. The van der Waals surface area contributed by atoms with E-state index in [2.05, 4.69) is 4.98 Å². The van der Waals surface area contributed by atoms with Crippen molar-refractivity contribution in [1.29, 1.82) is 0 Å². The molecule has 0 saturated heterocycles. The molecule has 0 spiro atoms. The standard InChI is InChI=1S/C14H11Cl2N3O/c1-20-13-5-3-2-4-11(13)19-12-7-9(16)8(15)6-10(12)18-14(19)17/h2-7H,1H3,(H2,17,18). The van der Waals surface area contributed by atoms with Gasteiger partial charge in [0.25, 0.3) is 0 Å². The lowest BCUT2D eigenvalue weighted by molar-refractivity contribution is 0.413. The fraction of sp³-hybridized carbons (Fsp3) is 0.0714. The molecule has 1 aromatic heterocycles. The summed E-state index contributed by atoms with van der Waals surface area (Å²) in [4.78, 5) is 4.31. The molecular formula is C14H11Cl2N3O. The van der Waals surface area contributed by atoms with Crippen molar-refractivity contribution in [2.75, 3.05) is 12.8 Å². The fourth-order valence-electron chi connectivity index (χ4n) is 2.16. The van der Waals surface area contributed by atoms with Crippen LogP contribution in [-0.4, -0.2) is 16.7 Å². The van der Waals surface area contributed by atoms with Crippen LogP contribution in [0.2, 0.25) is 10.0 Å². The van der Waals surface area contributed by atoms with E-state index in [4.69, 9.17) is 33.7 Å². The number of aromatic nitrogens is 2. The average molecular weight is 308 g/mol. The van der Waals surface area contributed by atoms with E-state index in [1.165, 1.54) is 0 Å². The summed E-state index contributed by atoms with van der Waals surface area (Å²) >= 11 is 12.1. The molecule has 20 heavy (non-hydrogen) atoms. The van der Waals surface area contributed by atoms with E-state index in [1.807, 2.05) is 24.3 Å². The zero-order valence-corrected chi connectivity index (χ0v) is 12.1. The van der Waals surface area contributed by atoms with Crippen LogP contribution in [0.15, 0.2) is 36.4 Å². The summed E-state index contributed by atoms with van der Waals surface area (Å²) in [6, 6.07) is 11.0. The highest BCUT2D eigenvalue weighted by molar-refractivity contribution is 6.42. The van der Waals surface area contributed by atoms with E-state index in [1.54, 1.807) is 23.8 Å². The number of nitrogen functional groups attached to an aromatic ring is 1. The number of para-hydroxylation sites is 2. The smallest absolute Gasteiger partial charge is 0.206 e. The third kappa shape index (κ3) is 1.97. The van der Waals surface area contributed by atoms with Crippen LogP contribution < -0.4 is 10.5 Å². The van der Waals surface area contributed by atoms with Crippen LogP contribution in [0.5, 0.6) is 5.75 Å². The largest absolute Gasteiger partial charge is 0.495 e. The molecule has 0 unspecified atom stereocenters. The van der Waals surface area contributed by atoms with Gasteiger partial charge in [0, 0.05) is 0 Å². The van der Waals surface area contributed by atoms with Gasteiger partial charge >= 0.3 is 0 Å². The Labute approximate surface area is 125 Å². The number of nitrogens with two attached hydrogens (primary N) is 1. The second-order valence-electron chi connectivity index (χ2n) is 4.23. The summed E-state index contributed by atoms with van der Waals surface area (Å²) in [5, 5.41) is 0.902. The van der Waals surface area contributed by atoms with E-state index in [0.29, 0.717) is 27.3 Å². The van der Waals surface area contributed by atoms with Crippen LogP contribution in [0.3, 0.4) is 0 Å². The van der Waals surface area contributed by atoms with Gasteiger partial charge in [-0.25, -0.2) is 4.98 Å². The number of methoxy groups -OCH3 is 1. The minimum absolute atomic E-state index is 0.350. The van der Waals surface area contributed by atoms with Crippen molar-refractivity contribution in [3.63, 3.8) is 0 Å². The highest BCUT2D eigenvalue weighted by Crippen LogP contribution is 2.33. The van der Waals surface area contributed by atoms with Crippen LogP contribution in [-0.2, 0) is 0 Å². The van der Waals surface area contributed by atoms with E-state index >= 15 is 0 Å². The summed E-state index contributed by atoms with van der Waals surface area (Å²) in [6.07, 6.45) is 0. The van der Waals surface area contributed by atoms with Gasteiger partial charge in [0.2, 0.25) is 5.95 Å². The van der Waals surface area contributed by atoms with E-state index in [9.17, 15) is 0 Å². The van der Waals surface area contributed by atoms with Crippen molar-refractivity contribution in [3.05, 3.63) is 46.4 Å². The summed E-state index contributed by atoms with van der Waals surface area (Å²) in [7, 11) is 1.61. The number of hydrogen-bond donors (Lipinski definition) is 1. The van der Waals surface area contributed by atoms with Gasteiger partial charge in [-0.05, 0) is 24.3 Å². The molecule has 6 heteroatoms. The molecule has 2 aromatic carbocycles. The van der Waals surface area contributed by atoms with Gasteiger partial charge in [-0.3, -0.25) is 4.57 Å². The summed E-state index contributed by atoms with van der Waals surface area (Å²) in [5.74, 6) is 1.05. The maximum Gasteiger partial charge on any atom is 0.206 e. The lowest BCUT2D eigenvalue weighted by Gasteiger charge is -2.11. The topological polar surface area (TPSA) is 53.1 Å². The number of rotatable bonds is 2. The Morgan fingerprint density at radius 3 is 2.60 bits per heavy atom. The van der Waals surface area contributed by atoms with E-state index in [0.717, 1.165) is 11.2 Å². The van der Waals surface area contributed by atoms with Crippen LogP contribution in [0.25, 0.3) is 16.7 Å². The Hall–Kier alpha value is -1.91. The SMILES string of the molecule is COc1ccccc1-n1c(N)nc2cc(Cl)c(Cl)cc21. The van der Waals surface area contributed by atoms with Crippen LogP contribution in [0, 0.1) is 0 Å². The third-order valence-electron chi connectivity index (χ3n) is 3.05. The summed E-state index contributed by atoms with van der Waals surface area (Å²) < 4.78 is 7.15. The fourth-order valence-corrected chi connectivity index (χ4v) is 2.47. The number of benzene rings is 2. The van der Waals surface area contributed by atoms with Gasteiger partial charge in [0.15, 0.2) is 0 Å². The maximum absolute atomic E-state index is 6.08. The van der Waals surface area contributed by atoms with Crippen molar-refractivity contribution in [2.45, 2.75) is 0 Å². The van der Waals surface area contributed by atoms with Crippen molar-refractivity contribution >= 4 is 40.2 Å². The minimum Gasteiger partial charge on any atom is -0.495 e. The second kappa shape index (κ2) is 4.89. The molecule has 0 saturated carbocycles. The second-order valence-corrected chi connectivity index (χ2v) is 5.05. The molecule has 0 bridgehead atoms. The molecule has 0 radical (unpaired) electrons. The molecule has 0 aliphatic rings. The number of nitrogens with zero attached hydrogens (tertiary/aromatic N) is 2. The first-order valence-corrected chi connectivity index (χ1v) is 6.64. The highest BCUT2D eigenvalue weighted by Gasteiger charge is 2.15. The van der Waals surface area contributed by atoms with Crippen molar-refractivity contribution in [1.82, 2.24) is 9.55 Å². The Morgan fingerprint density at radius 2 is 1.85 bits per heavy atom. The zero-order valence-electron chi connectivity index (χ0n) is 10.6. The quantitative estimate of drug-likeness (QED) is 0.780. The first-order valence-electron chi connectivity index (χ1n) is 5.88. The van der Waals surface area contributed by atoms with Crippen LogP contribution in [0.1, 0.15) is 0 Å². The average Bonchev–Trinajstić information content (AvgIpc) is 2.74. The van der Waals surface area contributed by atoms with Crippen molar-refractivity contribution < 1.29 is 4.74 Å². The van der Waals surface area contributed by atoms with Gasteiger partial charge < -0.3 is 10.5 Å². The van der Waals surface area contributed by atoms with Gasteiger partial charge in [-0.2, -0.15) is 0 Å². The molecular weight excluding hydrogens is 297 g/mol.